The Morgan fingerprint density at radius 1 is 1.07 bits per heavy atom. The number of carbonyl (C=O) groups is 2. The molecule has 1 aromatic carbocycles. The molecule has 1 heterocycles. The van der Waals surface area contributed by atoms with E-state index < -0.39 is 5.60 Å². The monoisotopic (exact) mass is 416 g/mol. The van der Waals surface area contributed by atoms with Crippen molar-refractivity contribution in [2.75, 3.05) is 13.1 Å². The van der Waals surface area contributed by atoms with Gasteiger partial charge in [-0.05, 0) is 96.4 Å². The van der Waals surface area contributed by atoms with Gasteiger partial charge in [0.25, 0.3) is 0 Å². The maximum Gasteiger partial charge on any atom is 0.410 e. The van der Waals surface area contributed by atoms with Crippen LogP contribution >= 0.6 is 0 Å². The van der Waals surface area contributed by atoms with E-state index in [1.165, 1.54) is 22.3 Å². The van der Waals surface area contributed by atoms with Crippen molar-refractivity contribution in [2.24, 2.45) is 0 Å². The van der Waals surface area contributed by atoms with Gasteiger partial charge in [-0.3, -0.25) is 4.79 Å². The minimum atomic E-state index is -0.475. The average molecular weight is 417 g/mol. The molecule has 5 heteroatoms. The standard InChI is InChI=1S/C25H40N2O3/c1-16(2)27(20(6)28)19(5)22-14-17(3)18(4)15-23(22)21-10-12-26(13-11-21)24(29)30-25(7,8)9/h14-16,19,21H,10-13H2,1-9H3. The molecule has 1 aromatic rings. The molecule has 1 unspecified atom stereocenters. The molecule has 1 fully saturated rings. The van der Waals surface area contributed by atoms with Crippen molar-refractivity contribution in [2.45, 2.75) is 98.8 Å². The number of benzene rings is 1. The van der Waals surface area contributed by atoms with Crippen LogP contribution in [-0.4, -0.2) is 46.5 Å². The number of likely N-dealkylation sites (tertiary alicyclic amines) is 1. The van der Waals surface area contributed by atoms with Crippen molar-refractivity contribution >= 4 is 12.0 Å². The Hall–Kier alpha value is -2.04. The molecule has 1 aliphatic heterocycles. The van der Waals surface area contributed by atoms with Gasteiger partial charge in [0.2, 0.25) is 5.91 Å². The zero-order valence-electron chi connectivity index (χ0n) is 20.3. The lowest BCUT2D eigenvalue weighted by molar-refractivity contribution is -0.132. The van der Waals surface area contributed by atoms with E-state index in [4.69, 9.17) is 4.74 Å². The zero-order valence-corrected chi connectivity index (χ0v) is 20.3. The van der Waals surface area contributed by atoms with Crippen molar-refractivity contribution in [1.29, 1.82) is 0 Å². The van der Waals surface area contributed by atoms with Gasteiger partial charge in [0.05, 0.1) is 6.04 Å². The summed E-state index contributed by atoms with van der Waals surface area (Å²) in [6.07, 6.45) is 1.59. The minimum absolute atomic E-state index is 0.0145. The Bertz CT molecular complexity index is 771. The fourth-order valence-electron chi connectivity index (χ4n) is 4.51. The molecule has 0 bridgehead atoms. The van der Waals surface area contributed by atoms with Crippen LogP contribution in [0, 0.1) is 13.8 Å². The molecule has 5 nitrogen and oxygen atoms in total. The Labute approximate surface area is 182 Å². The number of hydrogen-bond donors (Lipinski definition) is 0. The van der Waals surface area contributed by atoms with E-state index in [1.54, 1.807) is 6.92 Å². The van der Waals surface area contributed by atoms with Crippen LogP contribution in [0.3, 0.4) is 0 Å². The predicted molar refractivity (Wildman–Crippen MR) is 122 cm³/mol. The van der Waals surface area contributed by atoms with Crippen LogP contribution in [0.4, 0.5) is 4.79 Å². The molecule has 0 saturated carbocycles. The van der Waals surface area contributed by atoms with Gasteiger partial charge >= 0.3 is 6.09 Å². The lowest BCUT2D eigenvalue weighted by Crippen LogP contribution is -2.41. The van der Waals surface area contributed by atoms with Gasteiger partial charge in [-0.15, -0.1) is 0 Å². The maximum absolute atomic E-state index is 12.4. The van der Waals surface area contributed by atoms with Gasteiger partial charge in [-0.25, -0.2) is 4.79 Å². The summed E-state index contributed by atoms with van der Waals surface area (Å²) in [4.78, 5) is 28.6. The summed E-state index contributed by atoms with van der Waals surface area (Å²) in [6, 6.07) is 4.71. The normalized spacial score (nSPS) is 16.5. The van der Waals surface area contributed by atoms with Crippen molar-refractivity contribution < 1.29 is 14.3 Å². The number of rotatable bonds is 4. The minimum Gasteiger partial charge on any atom is -0.444 e. The third kappa shape index (κ3) is 5.77. The lowest BCUT2D eigenvalue weighted by Gasteiger charge is -2.37. The van der Waals surface area contributed by atoms with E-state index in [-0.39, 0.29) is 24.1 Å². The summed E-state index contributed by atoms with van der Waals surface area (Å²) in [6.45, 7) is 19.3. The van der Waals surface area contributed by atoms with E-state index in [9.17, 15) is 9.59 Å². The summed E-state index contributed by atoms with van der Waals surface area (Å²) in [7, 11) is 0. The van der Waals surface area contributed by atoms with Crippen LogP contribution in [0.25, 0.3) is 0 Å². The molecule has 0 radical (unpaired) electrons. The van der Waals surface area contributed by atoms with Gasteiger partial charge in [0.15, 0.2) is 0 Å². The number of aryl methyl sites for hydroxylation is 2. The highest BCUT2D eigenvalue weighted by Gasteiger charge is 2.31. The maximum atomic E-state index is 12.4. The molecular weight excluding hydrogens is 376 g/mol. The molecule has 0 aliphatic carbocycles. The van der Waals surface area contributed by atoms with Crippen molar-refractivity contribution in [1.82, 2.24) is 9.80 Å². The summed E-state index contributed by atoms with van der Waals surface area (Å²) in [5.74, 6) is 0.475. The molecule has 1 aliphatic rings. The molecule has 2 rings (SSSR count). The molecule has 0 N–H and O–H groups in total. The van der Waals surface area contributed by atoms with Crippen molar-refractivity contribution in [3.8, 4) is 0 Å². The SMILES string of the molecule is CC(=O)N(C(C)C)C(C)c1cc(C)c(C)cc1C1CCN(C(=O)OC(C)(C)C)CC1. The van der Waals surface area contributed by atoms with Gasteiger partial charge < -0.3 is 14.5 Å². The molecule has 2 amide bonds. The number of carbonyl (C=O) groups excluding carboxylic acids is 2. The fourth-order valence-corrected chi connectivity index (χ4v) is 4.51. The molecule has 0 aromatic heterocycles. The third-order valence-electron chi connectivity index (χ3n) is 6.07. The first kappa shape index (κ1) is 24.2. The van der Waals surface area contributed by atoms with Gasteiger partial charge in [-0.2, -0.15) is 0 Å². The van der Waals surface area contributed by atoms with Gasteiger partial charge in [0, 0.05) is 26.1 Å². The Kier molecular flexibility index (Phi) is 7.59. The second-order valence-corrected chi connectivity index (χ2v) is 10.0. The van der Waals surface area contributed by atoms with Crippen LogP contribution in [-0.2, 0) is 9.53 Å². The fraction of sp³-hybridized carbons (Fsp3) is 0.680. The second-order valence-electron chi connectivity index (χ2n) is 10.0. The van der Waals surface area contributed by atoms with Crippen molar-refractivity contribution in [3.63, 3.8) is 0 Å². The first-order valence-corrected chi connectivity index (χ1v) is 11.2. The highest BCUT2D eigenvalue weighted by atomic mass is 16.6. The van der Waals surface area contributed by atoms with Gasteiger partial charge in [-0.1, -0.05) is 12.1 Å². The average Bonchev–Trinajstić information content (AvgIpc) is 2.61. The van der Waals surface area contributed by atoms with Gasteiger partial charge in [0.1, 0.15) is 5.60 Å². The second kappa shape index (κ2) is 9.40. The Balaban J connectivity index is 2.27. The molecule has 0 spiro atoms. The Morgan fingerprint density at radius 3 is 2.07 bits per heavy atom. The molecule has 1 saturated heterocycles. The topological polar surface area (TPSA) is 49.9 Å². The highest BCUT2D eigenvalue weighted by molar-refractivity contribution is 5.74. The number of ether oxygens (including phenoxy) is 1. The lowest BCUT2D eigenvalue weighted by atomic mass is 9.82. The third-order valence-corrected chi connectivity index (χ3v) is 6.07. The Morgan fingerprint density at radius 2 is 1.60 bits per heavy atom. The van der Waals surface area contributed by atoms with Crippen LogP contribution in [0.2, 0.25) is 0 Å². The predicted octanol–water partition coefficient (Wildman–Crippen LogP) is 5.74. The number of hydrogen-bond acceptors (Lipinski definition) is 3. The van der Waals surface area contributed by atoms with Crippen LogP contribution in [0.1, 0.15) is 95.5 Å². The number of amides is 2. The summed E-state index contributed by atoms with van der Waals surface area (Å²) < 4.78 is 5.54. The molecule has 1 atom stereocenters. The molecular formula is C25H40N2O3. The number of piperidine rings is 1. The summed E-state index contributed by atoms with van der Waals surface area (Å²) in [5, 5.41) is 0. The number of nitrogens with zero attached hydrogens (tertiary/aromatic N) is 2. The molecule has 168 valence electrons. The quantitative estimate of drug-likeness (QED) is 0.629. The smallest absolute Gasteiger partial charge is 0.410 e. The van der Waals surface area contributed by atoms with E-state index in [0.717, 1.165) is 12.8 Å². The summed E-state index contributed by atoms with van der Waals surface area (Å²) >= 11 is 0. The summed E-state index contributed by atoms with van der Waals surface area (Å²) in [5.41, 5.74) is 4.60. The van der Waals surface area contributed by atoms with E-state index in [2.05, 4.69) is 46.8 Å². The first-order valence-electron chi connectivity index (χ1n) is 11.2. The van der Waals surface area contributed by atoms with E-state index in [1.807, 2.05) is 30.6 Å². The zero-order chi connectivity index (χ0) is 22.8. The van der Waals surface area contributed by atoms with Crippen LogP contribution in [0.5, 0.6) is 0 Å². The molecule has 30 heavy (non-hydrogen) atoms. The van der Waals surface area contributed by atoms with Crippen LogP contribution < -0.4 is 0 Å². The van der Waals surface area contributed by atoms with E-state index >= 15 is 0 Å². The van der Waals surface area contributed by atoms with Crippen LogP contribution in [0.15, 0.2) is 12.1 Å². The van der Waals surface area contributed by atoms with Crippen molar-refractivity contribution in [3.05, 3.63) is 34.4 Å². The largest absolute Gasteiger partial charge is 0.444 e. The van der Waals surface area contributed by atoms with E-state index in [0.29, 0.717) is 19.0 Å². The highest BCUT2D eigenvalue weighted by Crippen LogP contribution is 2.37. The first-order chi connectivity index (χ1) is 13.8.